The van der Waals surface area contributed by atoms with Crippen LogP contribution in [-0.4, -0.2) is 26.4 Å². The fourth-order valence-electron chi connectivity index (χ4n) is 3.71. The predicted octanol–water partition coefficient (Wildman–Crippen LogP) is 4.19. The topological polar surface area (TPSA) is 104 Å². The van der Waals surface area contributed by atoms with Crippen molar-refractivity contribution in [1.82, 2.24) is 9.55 Å². The molecular formula is C23H20N4O3. The van der Waals surface area contributed by atoms with E-state index in [2.05, 4.69) is 10.3 Å². The van der Waals surface area contributed by atoms with E-state index in [-0.39, 0.29) is 17.7 Å². The molecule has 0 saturated heterocycles. The van der Waals surface area contributed by atoms with E-state index in [9.17, 15) is 9.90 Å². The number of nitrogens with zero attached hydrogens (tertiary/aromatic N) is 2. The zero-order valence-corrected chi connectivity index (χ0v) is 16.3. The highest BCUT2D eigenvalue weighted by Gasteiger charge is 2.38. The molecule has 0 bridgehead atoms. The summed E-state index contributed by atoms with van der Waals surface area (Å²) < 4.78 is 7.75. The van der Waals surface area contributed by atoms with Crippen LogP contribution in [0.15, 0.2) is 70.4 Å². The van der Waals surface area contributed by atoms with Gasteiger partial charge < -0.3 is 24.8 Å². The Morgan fingerprint density at radius 3 is 2.73 bits per heavy atom. The first-order valence-electron chi connectivity index (χ1n) is 9.71. The molecule has 3 N–H and O–H groups in total. The van der Waals surface area contributed by atoms with Crippen LogP contribution in [0.2, 0.25) is 0 Å². The van der Waals surface area contributed by atoms with Crippen molar-refractivity contribution in [2.24, 2.45) is 5.92 Å². The number of rotatable bonds is 5. The van der Waals surface area contributed by atoms with Gasteiger partial charge in [0.15, 0.2) is 5.76 Å². The Balaban J connectivity index is 1.48. The summed E-state index contributed by atoms with van der Waals surface area (Å²) in [6, 6.07) is 12.8. The Kier molecular flexibility index (Phi) is 4.17. The molecule has 0 spiro atoms. The average Bonchev–Trinajstić information content (AvgIpc) is 3.30. The van der Waals surface area contributed by atoms with Crippen LogP contribution in [0.4, 0.5) is 5.69 Å². The Morgan fingerprint density at radius 2 is 2.07 bits per heavy atom. The van der Waals surface area contributed by atoms with Crippen LogP contribution in [0.1, 0.15) is 13.3 Å². The highest BCUT2D eigenvalue weighted by Crippen LogP contribution is 2.36. The number of aromatic hydroxyl groups is 1. The van der Waals surface area contributed by atoms with Crippen LogP contribution < -0.4 is 10.7 Å². The Labute approximate surface area is 172 Å². The van der Waals surface area contributed by atoms with Gasteiger partial charge in [0.05, 0.1) is 11.7 Å². The summed E-state index contributed by atoms with van der Waals surface area (Å²) in [5, 5.41) is 21.9. The number of nitrogens with one attached hydrogen (secondary N) is 2. The summed E-state index contributed by atoms with van der Waals surface area (Å²) in [6.45, 7) is 1.81. The fourth-order valence-corrected chi connectivity index (χ4v) is 3.71. The lowest BCUT2D eigenvalue weighted by Crippen LogP contribution is -2.09. The molecule has 1 fully saturated rings. The average molecular weight is 400 g/mol. The summed E-state index contributed by atoms with van der Waals surface area (Å²) in [7, 11) is 0. The fraction of sp³-hybridized carbons (Fsp3) is 0.174. The van der Waals surface area contributed by atoms with E-state index in [1.807, 2.05) is 35.9 Å². The molecule has 2 aromatic heterocycles. The number of hydrogen-bond donors (Lipinski definition) is 3. The highest BCUT2D eigenvalue weighted by molar-refractivity contribution is 5.87. The minimum atomic E-state index is -0.468. The van der Waals surface area contributed by atoms with Crippen molar-refractivity contribution < 1.29 is 9.52 Å². The second kappa shape index (κ2) is 6.88. The lowest BCUT2D eigenvalue weighted by atomic mass is 10.1. The largest absolute Gasteiger partial charge is 0.502 e. The van der Waals surface area contributed by atoms with Crippen molar-refractivity contribution in [3.05, 3.63) is 71.4 Å². The molecule has 2 aromatic carbocycles. The third kappa shape index (κ3) is 3.14. The minimum Gasteiger partial charge on any atom is -0.502 e. The number of anilines is 1. The number of imidazole rings is 1. The van der Waals surface area contributed by atoms with Crippen molar-refractivity contribution in [3.8, 4) is 22.8 Å². The number of fused-ring (bicyclic) bond motifs is 1. The first-order valence-corrected chi connectivity index (χ1v) is 9.71. The minimum absolute atomic E-state index is 0.145. The summed E-state index contributed by atoms with van der Waals surface area (Å²) in [4.78, 5) is 16.8. The monoisotopic (exact) mass is 400 g/mol. The third-order valence-corrected chi connectivity index (χ3v) is 5.50. The zero-order chi connectivity index (χ0) is 20.8. The quantitative estimate of drug-likeness (QED) is 0.436. The zero-order valence-electron chi connectivity index (χ0n) is 16.3. The van der Waals surface area contributed by atoms with Crippen LogP contribution in [0.3, 0.4) is 0 Å². The first kappa shape index (κ1) is 18.2. The normalized spacial score (nSPS) is 17.8. The van der Waals surface area contributed by atoms with Gasteiger partial charge in [-0.25, -0.2) is 4.98 Å². The molecule has 0 radical (unpaired) electrons. The summed E-state index contributed by atoms with van der Waals surface area (Å²) in [6.07, 6.45) is 6.14. The summed E-state index contributed by atoms with van der Waals surface area (Å²) in [5.41, 5.74) is 2.90. The second-order valence-electron chi connectivity index (χ2n) is 7.61. The van der Waals surface area contributed by atoms with Crippen molar-refractivity contribution in [2.45, 2.75) is 19.4 Å². The van der Waals surface area contributed by atoms with Crippen LogP contribution in [0.5, 0.6) is 5.75 Å². The van der Waals surface area contributed by atoms with Gasteiger partial charge in [0, 0.05) is 47.0 Å². The third-order valence-electron chi connectivity index (χ3n) is 5.50. The molecule has 2 atom stereocenters. The maximum absolute atomic E-state index is 12.8. The van der Waals surface area contributed by atoms with E-state index >= 15 is 0 Å². The molecule has 7 heteroatoms. The van der Waals surface area contributed by atoms with E-state index < -0.39 is 11.2 Å². The smallest absolute Gasteiger partial charge is 0.235 e. The Hall–Kier alpha value is -3.87. The lowest BCUT2D eigenvalue weighted by molar-refractivity contribution is 0.449. The van der Waals surface area contributed by atoms with Gasteiger partial charge in [-0.3, -0.25) is 4.79 Å². The van der Waals surface area contributed by atoms with Gasteiger partial charge in [0.2, 0.25) is 11.2 Å². The van der Waals surface area contributed by atoms with Crippen LogP contribution in [-0.2, 0) is 0 Å². The molecule has 5 rings (SSSR count). The Bertz CT molecular complexity index is 1310. The first-order chi connectivity index (χ1) is 14.5. The maximum Gasteiger partial charge on any atom is 0.235 e. The molecule has 2 heterocycles. The summed E-state index contributed by atoms with van der Waals surface area (Å²) >= 11 is 0. The molecule has 1 saturated carbocycles. The Morgan fingerprint density at radius 1 is 1.27 bits per heavy atom. The van der Waals surface area contributed by atoms with Crippen molar-refractivity contribution in [2.75, 3.05) is 5.32 Å². The molecule has 2 unspecified atom stereocenters. The SMILES string of the molecule is CC(=N)C1CC1Nc1ccc2oc(-c3ccc(-n4ccnc4)cc3)c(O)c(=O)c2c1. The molecule has 1 aliphatic carbocycles. The van der Waals surface area contributed by atoms with Gasteiger partial charge in [0.1, 0.15) is 5.58 Å². The van der Waals surface area contributed by atoms with Gasteiger partial charge >= 0.3 is 0 Å². The summed E-state index contributed by atoms with van der Waals surface area (Å²) in [5.74, 6) is -0.0140. The van der Waals surface area contributed by atoms with E-state index in [0.29, 0.717) is 22.2 Å². The van der Waals surface area contributed by atoms with Crippen LogP contribution in [0, 0.1) is 11.3 Å². The van der Waals surface area contributed by atoms with Gasteiger partial charge in [-0.2, -0.15) is 0 Å². The predicted molar refractivity (Wildman–Crippen MR) is 116 cm³/mol. The van der Waals surface area contributed by atoms with E-state index in [0.717, 1.165) is 17.8 Å². The van der Waals surface area contributed by atoms with Gasteiger partial charge in [-0.15, -0.1) is 0 Å². The molecule has 4 aromatic rings. The van der Waals surface area contributed by atoms with Crippen molar-refractivity contribution in [1.29, 1.82) is 5.41 Å². The van der Waals surface area contributed by atoms with Crippen LogP contribution in [0.25, 0.3) is 28.0 Å². The van der Waals surface area contributed by atoms with Crippen molar-refractivity contribution >= 4 is 22.4 Å². The van der Waals surface area contributed by atoms with E-state index in [1.54, 1.807) is 36.8 Å². The molecule has 150 valence electrons. The second-order valence-corrected chi connectivity index (χ2v) is 7.61. The number of hydrogen-bond acceptors (Lipinski definition) is 6. The molecule has 0 aliphatic heterocycles. The standard InChI is InChI=1S/C23H20N4O3/c1-13(24)17-11-19(17)26-15-4-7-20-18(10-15)21(28)22(29)23(30-20)14-2-5-16(6-3-14)27-9-8-25-12-27/h2-10,12,17,19,24,26,29H,11H2,1H3. The molecular weight excluding hydrogens is 380 g/mol. The molecule has 7 nitrogen and oxygen atoms in total. The molecule has 30 heavy (non-hydrogen) atoms. The highest BCUT2D eigenvalue weighted by atomic mass is 16.4. The van der Waals surface area contributed by atoms with Gasteiger partial charge in [0.25, 0.3) is 0 Å². The maximum atomic E-state index is 12.8. The van der Waals surface area contributed by atoms with Gasteiger partial charge in [-0.1, -0.05) is 0 Å². The van der Waals surface area contributed by atoms with E-state index in [4.69, 9.17) is 9.83 Å². The number of benzene rings is 2. The van der Waals surface area contributed by atoms with Crippen molar-refractivity contribution in [3.63, 3.8) is 0 Å². The number of aromatic nitrogens is 2. The molecule has 1 aliphatic rings. The van der Waals surface area contributed by atoms with Crippen LogP contribution >= 0.6 is 0 Å². The lowest BCUT2D eigenvalue weighted by Gasteiger charge is -2.10. The van der Waals surface area contributed by atoms with E-state index in [1.165, 1.54) is 0 Å². The van der Waals surface area contributed by atoms with Gasteiger partial charge in [-0.05, 0) is 55.8 Å². The molecule has 0 amide bonds.